The molecule has 150 valence electrons. The van der Waals surface area contributed by atoms with Crippen LogP contribution in [0.1, 0.15) is 18.4 Å². The number of piperidine rings is 1. The van der Waals surface area contributed by atoms with E-state index in [1.54, 1.807) is 41.2 Å². The number of hydrogen-bond donors (Lipinski definition) is 1. The predicted octanol–water partition coefficient (Wildman–Crippen LogP) is 2.09. The van der Waals surface area contributed by atoms with Crippen LogP contribution in [0.2, 0.25) is 0 Å². The number of benzene rings is 1. The van der Waals surface area contributed by atoms with Crippen LogP contribution < -0.4 is 5.32 Å². The molecule has 0 aliphatic carbocycles. The number of nitrogens with zero attached hydrogens (tertiary/aromatic N) is 3. The van der Waals surface area contributed by atoms with E-state index in [4.69, 9.17) is 4.74 Å². The van der Waals surface area contributed by atoms with E-state index in [0.29, 0.717) is 31.9 Å². The molecule has 1 unspecified atom stereocenters. The van der Waals surface area contributed by atoms with Gasteiger partial charge in [-0.05, 0) is 30.5 Å². The Labute approximate surface area is 163 Å². The maximum absolute atomic E-state index is 13.0. The standard InChI is InChI=1S/C20H25FN4O3/c1-28-10-9-25-14-18(12-22-25)23-20(27)16-3-2-8-24(13-16)19(26)11-15-4-6-17(21)7-5-15/h4-7,12,14,16H,2-3,8-11,13H2,1H3,(H,23,27). The molecule has 1 atom stereocenters. The van der Waals surface area contributed by atoms with Crippen molar-refractivity contribution in [3.05, 3.63) is 48.0 Å². The number of nitrogens with one attached hydrogen (secondary N) is 1. The first-order chi connectivity index (χ1) is 13.5. The first kappa shape index (κ1) is 20.0. The van der Waals surface area contributed by atoms with Crippen LogP contribution >= 0.6 is 0 Å². The van der Waals surface area contributed by atoms with Crippen molar-refractivity contribution >= 4 is 17.5 Å². The van der Waals surface area contributed by atoms with Gasteiger partial charge in [0, 0.05) is 26.4 Å². The summed E-state index contributed by atoms with van der Waals surface area (Å²) in [7, 11) is 1.62. The Balaban J connectivity index is 1.53. The largest absolute Gasteiger partial charge is 0.383 e. The molecule has 0 bridgehead atoms. The molecular weight excluding hydrogens is 363 g/mol. The molecule has 2 amide bonds. The van der Waals surface area contributed by atoms with Crippen LogP contribution in [0, 0.1) is 11.7 Å². The minimum Gasteiger partial charge on any atom is -0.383 e. The number of amides is 2. The molecule has 0 spiro atoms. The van der Waals surface area contributed by atoms with Crippen molar-refractivity contribution in [3.8, 4) is 0 Å². The molecule has 1 N–H and O–H groups in total. The van der Waals surface area contributed by atoms with Crippen LogP contribution in [0.3, 0.4) is 0 Å². The van der Waals surface area contributed by atoms with Gasteiger partial charge in [-0.25, -0.2) is 4.39 Å². The van der Waals surface area contributed by atoms with Crippen LogP contribution in [-0.2, 0) is 27.3 Å². The topological polar surface area (TPSA) is 76.5 Å². The molecule has 28 heavy (non-hydrogen) atoms. The number of hydrogen-bond acceptors (Lipinski definition) is 4. The molecule has 8 heteroatoms. The highest BCUT2D eigenvalue weighted by Crippen LogP contribution is 2.20. The minimum absolute atomic E-state index is 0.0449. The van der Waals surface area contributed by atoms with Crippen molar-refractivity contribution in [2.75, 3.05) is 32.1 Å². The fourth-order valence-electron chi connectivity index (χ4n) is 3.29. The van der Waals surface area contributed by atoms with Gasteiger partial charge in [0.15, 0.2) is 0 Å². The highest BCUT2D eigenvalue weighted by Gasteiger charge is 2.28. The quantitative estimate of drug-likeness (QED) is 0.788. The summed E-state index contributed by atoms with van der Waals surface area (Å²) in [6.45, 7) is 2.19. The van der Waals surface area contributed by atoms with Gasteiger partial charge in [-0.1, -0.05) is 12.1 Å². The van der Waals surface area contributed by atoms with Gasteiger partial charge in [-0.15, -0.1) is 0 Å². The molecule has 1 aromatic heterocycles. The van der Waals surface area contributed by atoms with Gasteiger partial charge in [0.1, 0.15) is 5.82 Å². The van der Waals surface area contributed by atoms with Gasteiger partial charge in [0.05, 0.1) is 37.4 Å². The second-order valence-electron chi connectivity index (χ2n) is 6.96. The smallest absolute Gasteiger partial charge is 0.229 e. The van der Waals surface area contributed by atoms with E-state index in [9.17, 15) is 14.0 Å². The van der Waals surface area contributed by atoms with Crippen molar-refractivity contribution in [1.82, 2.24) is 14.7 Å². The first-order valence-electron chi connectivity index (χ1n) is 9.39. The summed E-state index contributed by atoms with van der Waals surface area (Å²) in [4.78, 5) is 26.9. The molecule has 0 saturated carbocycles. The van der Waals surface area contributed by atoms with Gasteiger partial charge in [0.2, 0.25) is 11.8 Å². The lowest BCUT2D eigenvalue weighted by Gasteiger charge is -2.32. The van der Waals surface area contributed by atoms with E-state index in [1.165, 1.54) is 12.1 Å². The summed E-state index contributed by atoms with van der Waals surface area (Å²) in [5, 5.41) is 7.06. The number of anilines is 1. The molecule has 1 aliphatic rings. The van der Waals surface area contributed by atoms with E-state index < -0.39 is 0 Å². The molecule has 0 radical (unpaired) electrons. The molecule has 1 fully saturated rings. The number of likely N-dealkylation sites (tertiary alicyclic amines) is 1. The summed E-state index contributed by atoms with van der Waals surface area (Å²) in [6, 6.07) is 5.93. The molecule has 7 nitrogen and oxygen atoms in total. The average molecular weight is 388 g/mol. The van der Waals surface area contributed by atoms with Crippen molar-refractivity contribution in [2.45, 2.75) is 25.8 Å². The number of rotatable bonds is 7. The first-order valence-corrected chi connectivity index (χ1v) is 9.39. The summed E-state index contributed by atoms with van der Waals surface area (Å²) in [5.74, 6) is -0.730. The van der Waals surface area contributed by atoms with Crippen molar-refractivity contribution < 1.29 is 18.7 Å². The van der Waals surface area contributed by atoms with Crippen molar-refractivity contribution in [3.63, 3.8) is 0 Å². The van der Waals surface area contributed by atoms with Crippen LogP contribution in [0.5, 0.6) is 0 Å². The van der Waals surface area contributed by atoms with E-state index in [1.807, 2.05) is 0 Å². The zero-order valence-electron chi connectivity index (χ0n) is 15.9. The Morgan fingerprint density at radius 2 is 2.11 bits per heavy atom. The number of ether oxygens (including phenoxy) is 1. The predicted molar refractivity (Wildman–Crippen MR) is 102 cm³/mol. The van der Waals surface area contributed by atoms with Crippen LogP contribution in [0.4, 0.5) is 10.1 Å². The fourth-order valence-corrected chi connectivity index (χ4v) is 3.29. The van der Waals surface area contributed by atoms with Gasteiger partial charge < -0.3 is 15.0 Å². The lowest BCUT2D eigenvalue weighted by atomic mass is 9.96. The molecular formula is C20H25FN4O3. The highest BCUT2D eigenvalue weighted by molar-refractivity contribution is 5.93. The van der Waals surface area contributed by atoms with Crippen molar-refractivity contribution in [1.29, 1.82) is 0 Å². The summed E-state index contributed by atoms with van der Waals surface area (Å²) in [5.41, 5.74) is 1.40. The molecule has 1 aliphatic heterocycles. The molecule has 2 aromatic rings. The third kappa shape index (κ3) is 5.39. The zero-order chi connectivity index (χ0) is 19.9. The normalized spacial score (nSPS) is 16.8. The third-order valence-electron chi connectivity index (χ3n) is 4.84. The number of carbonyl (C=O) groups is 2. The maximum Gasteiger partial charge on any atom is 0.229 e. The summed E-state index contributed by atoms with van der Waals surface area (Å²) < 4.78 is 19.7. The zero-order valence-corrected chi connectivity index (χ0v) is 15.9. The monoisotopic (exact) mass is 388 g/mol. The summed E-state index contributed by atoms with van der Waals surface area (Å²) in [6.07, 6.45) is 5.09. The molecule has 3 rings (SSSR count). The molecule has 1 saturated heterocycles. The summed E-state index contributed by atoms with van der Waals surface area (Å²) >= 11 is 0. The van der Waals surface area contributed by atoms with Crippen LogP contribution in [0.25, 0.3) is 0 Å². The Hall–Kier alpha value is -2.74. The maximum atomic E-state index is 13.0. The number of methoxy groups -OCH3 is 1. The van der Waals surface area contributed by atoms with Crippen LogP contribution in [0.15, 0.2) is 36.7 Å². The SMILES string of the molecule is COCCn1cc(NC(=O)C2CCCN(C(=O)Cc3ccc(F)cc3)C2)cn1. The third-order valence-corrected chi connectivity index (χ3v) is 4.84. The van der Waals surface area contributed by atoms with Gasteiger partial charge in [0.25, 0.3) is 0 Å². The Bertz CT molecular complexity index is 806. The van der Waals surface area contributed by atoms with E-state index in [2.05, 4.69) is 10.4 Å². The number of halogens is 1. The highest BCUT2D eigenvalue weighted by atomic mass is 19.1. The Kier molecular flexibility index (Phi) is 6.76. The lowest BCUT2D eigenvalue weighted by molar-refractivity contribution is -0.133. The number of carbonyl (C=O) groups excluding carboxylic acids is 2. The van der Waals surface area contributed by atoms with Crippen molar-refractivity contribution in [2.24, 2.45) is 5.92 Å². The van der Waals surface area contributed by atoms with Gasteiger partial charge >= 0.3 is 0 Å². The molecule has 2 heterocycles. The lowest BCUT2D eigenvalue weighted by Crippen LogP contribution is -2.44. The molecule has 1 aromatic carbocycles. The fraction of sp³-hybridized carbons (Fsp3) is 0.450. The second kappa shape index (κ2) is 9.45. The Morgan fingerprint density at radius 3 is 2.86 bits per heavy atom. The van der Waals surface area contributed by atoms with E-state index in [0.717, 1.165) is 18.4 Å². The second-order valence-corrected chi connectivity index (χ2v) is 6.96. The number of aromatic nitrogens is 2. The van der Waals surface area contributed by atoms with E-state index >= 15 is 0 Å². The van der Waals surface area contributed by atoms with Gasteiger partial charge in [-0.3, -0.25) is 14.3 Å². The van der Waals surface area contributed by atoms with Gasteiger partial charge in [-0.2, -0.15) is 5.10 Å². The minimum atomic E-state index is -0.323. The Morgan fingerprint density at radius 1 is 1.32 bits per heavy atom. The van der Waals surface area contributed by atoms with Crippen LogP contribution in [-0.4, -0.2) is 53.3 Å². The van der Waals surface area contributed by atoms with E-state index in [-0.39, 0.29) is 30.0 Å². The average Bonchev–Trinajstić information content (AvgIpc) is 3.15.